The lowest BCUT2D eigenvalue weighted by atomic mass is 9.98. The van der Waals surface area contributed by atoms with E-state index in [1.807, 2.05) is 30.3 Å². The van der Waals surface area contributed by atoms with Crippen molar-refractivity contribution >= 4 is 10.8 Å². The Morgan fingerprint density at radius 2 is 1.27 bits per heavy atom. The number of rotatable bonds is 7. The molecule has 4 rings (SSSR count). The Labute approximate surface area is 197 Å². The zero-order valence-electron chi connectivity index (χ0n) is 19.6. The first-order valence-electron chi connectivity index (χ1n) is 12.1. The van der Waals surface area contributed by atoms with Crippen LogP contribution in [0.5, 0.6) is 0 Å². The molecule has 4 aromatic rings. The van der Waals surface area contributed by atoms with E-state index in [-0.39, 0.29) is 5.82 Å². The van der Waals surface area contributed by atoms with Gasteiger partial charge >= 0.3 is 0 Å². The predicted molar refractivity (Wildman–Crippen MR) is 138 cm³/mol. The third kappa shape index (κ3) is 5.91. The monoisotopic (exact) mass is 434 g/mol. The zero-order valence-corrected chi connectivity index (χ0v) is 19.6. The molecule has 0 nitrogen and oxygen atoms in total. The van der Waals surface area contributed by atoms with Crippen LogP contribution in [0, 0.1) is 17.7 Å². The van der Waals surface area contributed by atoms with Gasteiger partial charge in [-0.1, -0.05) is 92.8 Å². The molecule has 33 heavy (non-hydrogen) atoms. The van der Waals surface area contributed by atoms with E-state index in [9.17, 15) is 0 Å². The van der Waals surface area contributed by atoms with E-state index in [0.717, 1.165) is 36.6 Å². The van der Waals surface area contributed by atoms with Crippen LogP contribution in [0.4, 0.5) is 4.39 Å². The highest BCUT2D eigenvalue weighted by molar-refractivity contribution is 5.85. The van der Waals surface area contributed by atoms with E-state index >= 15 is 4.39 Å². The van der Waals surface area contributed by atoms with Crippen molar-refractivity contribution in [2.45, 2.75) is 52.4 Å². The molecule has 0 saturated carbocycles. The Morgan fingerprint density at radius 3 is 1.97 bits per heavy atom. The molecule has 0 radical (unpaired) electrons. The second-order valence-corrected chi connectivity index (χ2v) is 8.70. The molecule has 0 aliphatic heterocycles. The summed E-state index contributed by atoms with van der Waals surface area (Å²) in [7, 11) is 0. The smallest absolute Gasteiger partial charge is 0.146 e. The Bertz CT molecular complexity index is 1270. The molecule has 0 atom stereocenters. The summed E-state index contributed by atoms with van der Waals surface area (Å²) in [4.78, 5) is 0. The molecular formula is C32H31F. The van der Waals surface area contributed by atoms with Gasteiger partial charge in [-0.2, -0.15) is 0 Å². The summed E-state index contributed by atoms with van der Waals surface area (Å²) in [6.45, 7) is 4.35. The highest BCUT2D eigenvalue weighted by Gasteiger charge is 2.07. The summed E-state index contributed by atoms with van der Waals surface area (Å²) in [6.07, 6.45) is 6.56. The number of halogens is 1. The molecule has 0 bridgehead atoms. The molecule has 0 aliphatic rings. The highest BCUT2D eigenvalue weighted by Crippen LogP contribution is 2.23. The fraction of sp³-hybridized carbons (Fsp3) is 0.250. The van der Waals surface area contributed by atoms with Crippen LogP contribution in [0.3, 0.4) is 0 Å². The predicted octanol–water partition coefficient (Wildman–Crippen LogP) is 8.07. The van der Waals surface area contributed by atoms with Crippen molar-refractivity contribution in [3.8, 4) is 11.8 Å². The van der Waals surface area contributed by atoms with Gasteiger partial charge in [-0.15, -0.1) is 0 Å². The number of aryl methyl sites for hydroxylation is 4. The van der Waals surface area contributed by atoms with Crippen molar-refractivity contribution in [3.05, 3.63) is 118 Å². The summed E-state index contributed by atoms with van der Waals surface area (Å²) in [5.74, 6) is 5.87. The average Bonchev–Trinajstić information content (AvgIpc) is 2.86. The number of benzene rings is 4. The molecule has 0 aromatic heterocycles. The SMILES string of the molecule is CCCCc1ccc(CCc2ccc3c(F)c(C#Cc4ccc(CC)cc4)ccc3c2)cc1. The minimum atomic E-state index is -0.237. The minimum absolute atomic E-state index is 0.237. The molecule has 4 aromatic carbocycles. The van der Waals surface area contributed by atoms with Gasteiger partial charge in [0.05, 0.1) is 5.56 Å². The fourth-order valence-electron chi connectivity index (χ4n) is 4.10. The van der Waals surface area contributed by atoms with Gasteiger partial charge in [-0.05, 0) is 77.9 Å². The molecule has 0 unspecified atom stereocenters. The van der Waals surface area contributed by atoms with Gasteiger partial charge in [-0.25, -0.2) is 4.39 Å². The van der Waals surface area contributed by atoms with E-state index in [2.05, 4.69) is 68.2 Å². The van der Waals surface area contributed by atoms with Crippen LogP contribution >= 0.6 is 0 Å². The lowest BCUT2D eigenvalue weighted by Gasteiger charge is -2.07. The van der Waals surface area contributed by atoms with Gasteiger partial charge in [-0.3, -0.25) is 0 Å². The molecule has 0 saturated heterocycles. The van der Waals surface area contributed by atoms with E-state index < -0.39 is 0 Å². The van der Waals surface area contributed by atoms with Crippen molar-refractivity contribution in [2.75, 3.05) is 0 Å². The summed E-state index contributed by atoms with van der Waals surface area (Å²) in [6, 6.07) is 26.9. The largest absolute Gasteiger partial charge is 0.205 e. The van der Waals surface area contributed by atoms with Gasteiger partial charge in [0.1, 0.15) is 5.82 Å². The quantitative estimate of drug-likeness (QED) is 0.258. The molecule has 1 heteroatoms. The maximum absolute atomic E-state index is 15.1. The maximum Gasteiger partial charge on any atom is 0.146 e. The number of fused-ring (bicyclic) bond motifs is 1. The second kappa shape index (κ2) is 11.0. The van der Waals surface area contributed by atoms with Crippen molar-refractivity contribution in [3.63, 3.8) is 0 Å². The Morgan fingerprint density at radius 1 is 0.636 bits per heavy atom. The van der Waals surface area contributed by atoms with Crippen molar-refractivity contribution in [2.24, 2.45) is 0 Å². The molecule has 0 N–H and O–H groups in total. The van der Waals surface area contributed by atoms with Crippen molar-refractivity contribution in [1.82, 2.24) is 0 Å². The van der Waals surface area contributed by atoms with E-state index in [1.165, 1.54) is 35.1 Å². The Hall–Kier alpha value is -3.37. The lowest BCUT2D eigenvalue weighted by Crippen LogP contribution is -1.94. The summed E-state index contributed by atoms with van der Waals surface area (Å²) in [5, 5.41) is 1.56. The lowest BCUT2D eigenvalue weighted by molar-refractivity contribution is 0.636. The number of hydrogen-bond acceptors (Lipinski definition) is 0. The average molecular weight is 435 g/mol. The van der Waals surface area contributed by atoms with Crippen LogP contribution in [-0.4, -0.2) is 0 Å². The molecule has 0 aliphatic carbocycles. The number of hydrogen-bond donors (Lipinski definition) is 0. The summed E-state index contributed by atoms with van der Waals surface area (Å²) < 4.78 is 15.1. The van der Waals surface area contributed by atoms with E-state index in [1.54, 1.807) is 6.07 Å². The van der Waals surface area contributed by atoms with Crippen LogP contribution < -0.4 is 0 Å². The molecule has 0 spiro atoms. The molecule has 0 amide bonds. The summed E-state index contributed by atoms with van der Waals surface area (Å²) >= 11 is 0. The van der Waals surface area contributed by atoms with Gasteiger partial charge < -0.3 is 0 Å². The second-order valence-electron chi connectivity index (χ2n) is 8.70. The minimum Gasteiger partial charge on any atom is -0.205 e. The fourth-order valence-corrected chi connectivity index (χ4v) is 4.10. The zero-order chi connectivity index (χ0) is 23.0. The van der Waals surface area contributed by atoms with Crippen LogP contribution in [0.15, 0.2) is 78.9 Å². The molecule has 166 valence electrons. The molecule has 0 heterocycles. The van der Waals surface area contributed by atoms with E-state index in [0.29, 0.717) is 10.9 Å². The standard InChI is InChI=1S/C32H31F/c1-3-5-6-25-11-13-26(14-12-25)15-16-28-18-22-31-30(23-28)21-20-29(32(31)33)19-17-27-9-7-24(4-2)8-10-27/h7-14,18,20-23H,3-6,15-16H2,1-2H3. The highest BCUT2D eigenvalue weighted by atomic mass is 19.1. The Kier molecular flexibility index (Phi) is 7.59. The topological polar surface area (TPSA) is 0 Å². The summed E-state index contributed by atoms with van der Waals surface area (Å²) in [5.41, 5.74) is 6.61. The number of unbranched alkanes of at least 4 members (excludes halogenated alkanes) is 1. The van der Waals surface area contributed by atoms with Crippen LogP contribution in [0.25, 0.3) is 10.8 Å². The third-order valence-electron chi connectivity index (χ3n) is 6.27. The van der Waals surface area contributed by atoms with Gasteiger partial charge in [0.25, 0.3) is 0 Å². The first-order valence-corrected chi connectivity index (χ1v) is 12.1. The van der Waals surface area contributed by atoms with Crippen LogP contribution in [-0.2, 0) is 25.7 Å². The first kappa shape index (κ1) is 22.8. The third-order valence-corrected chi connectivity index (χ3v) is 6.27. The maximum atomic E-state index is 15.1. The molecular weight excluding hydrogens is 403 g/mol. The van der Waals surface area contributed by atoms with Crippen LogP contribution in [0.2, 0.25) is 0 Å². The van der Waals surface area contributed by atoms with Gasteiger partial charge in [0, 0.05) is 10.9 Å². The van der Waals surface area contributed by atoms with E-state index in [4.69, 9.17) is 0 Å². The first-order chi connectivity index (χ1) is 16.2. The Balaban J connectivity index is 1.45. The van der Waals surface area contributed by atoms with Gasteiger partial charge in [0.15, 0.2) is 0 Å². The van der Waals surface area contributed by atoms with Gasteiger partial charge in [0.2, 0.25) is 0 Å². The van der Waals surface area contributed by atoms with Crippen molar-refractivity contribution in [1.29, 1.82) is 0 Å². The van der Waals surface area contributed by atoms with Crippen molar-refractivity contribution < 1.29 is 4.39 Å². The molecule has 0 fully saturated rings. The van der Waals surface area contributed by atoms with Crippen LogP contribution in [0.1, 0.15) is 60.1 Å². The normalized spacial score (nSPS) is 10.8.